The lowest BCUT2D eigenvalue weighted by Crippen LogP contribution is -2.38. The highest BCUT2D eigenvalue weighted by atomic mass is 32.2. The molecule has 0 unspecified atom stereocenters. The molecule has 0 radical (unpaired) electrons. The molecule has 32 heavy (non-hydrogen) atoms. The number of aromatic nitrogens is 2. The predicted molar refractivity (Wildman–Crippen MR) is 123 cm³/mol. The van der Waals surface area contributed by atoms with Crippen LogP contribution < -0.4 is 4.72 Å². The number of benzene rings is 2. The number of hydrogen-bond acceptors (Lipinski definition) is 7. The molecule has 1 fully saturated rings. The van der Waals surface area contributed by atoms with Crippen LogP contribution in [0.15, 0.2) is 69.1 Å². The summed E-state index contributed by atoms with van der Waals surface area (Å²) in [6.07, 6.45) is 2.08. The largest absolute Gasteiger partial charge is 0.411 e. The second kappa shape index (κ2) is 9.74. The van der Waals surface area contributed by atoms with E-state index in [9.17, 15) is 13.2 Å². The van der Waals surface area contributed by atoms with Gasteiger partial charge in [0.15, 0.2) is 0 Å². The number of thioether (sulfide) groups is 1. The molecule has 2 heterocycles. The maximum absolute atomic E-state index is 12.4. The van der Waals surface area contributed by atoms with Crippen molar-refractivity contribution in [3.05, 3.63) is 54.6 Å². The van der Waals surface area contributed by atoms with E-state index in [-0.39, 0.29) is 16.6 Å². The zero-order valence-electron chi connectivity index (χ0n) is 17.6. The van der Waals surface area contributed by atoms with Crippen molar-refractivity contribution in [3.63, 3.8) is 0 Å². The number of rotatable bonds is 7. The summed E-state index contributed by atoms with van der Waals surface area (Å²) in [5.41, 5.74) is 1.08. The van der Waals surface area contributed by atoms with Crippen molar-refractivity contribution in [2.24, 2.45) is 5.92 Å². The fourth-order valence-corrected chi connectivity index (χ4v) is 5.10. The van der Waals surface area contributed by atoms with Gasteiger partial charge in [-0.25, -0.2) is 8.42 Å². The quantitative estimate of drug-likeness (QED) is 0.520. The highest BCUT2D eigenvalue weighted by Crippen LogP contribution is 2.26. The zero-order chi connectivity index (χ0) is 22.6. The van der Waals surface area contributed by atoms with Gasteiger partial charge in [-0.1, -0.05) is 36.9 Å². The lowest BCUT2D eigenvalue weighted by atomic mass is 9.99. The summed E-state index contributed by atoms with van der Waals surface area (Å²) in [5, 5.41) is 8.37. The Morgan fingerprint density at radius 3 is 2.47 bits per heavy atom. The van der Waals surface area contributed by atoms with E-state index in [1.54, 1.807) is 42.5 Å². The third kappa shape index (κ3) is 5.49. The molecule has 2 aromatic carbocycles. The smallest absolute Gasteiger partial charge is 0.277 e. The first-order valence-corrected chi connectivity index (χ1v) is 12.8. The van der Waals surface area contributed by atoms with Crippen molar-refractivity contribution in [1.82, 2.24) is 15.1 Å². The molecular formula is C22H24N4O4S2. The van der Waals surface area contributed by atoms with Gasteiger partial charge in [0, 0.05) is 24.3 Å². The van der Waals surface area contributed by atoms with Crippen LogP contribution in [-0.4, -0.2) is 48.3 Å². The van der Waals surface area contributed by atoms with Crippen molar-refractivity contribution < 1.29 is 17.6 Å². The molecule has 1 aliphatic rings. The highest BCUT2D eigenvalue weighted by molar-refractivity contribution is 7.99. The van der Waals surface area contributed by atoms with Crippen molar-refractivity contribution in [2.75, 3.05) is 23.6 Å². The van der Waals surface area contributed by atoms with Crippen molar-refractivity contribution in [1.29, 1.82) is 0 Å². The molecule has 8 nitrogen and oxygen atoms in total. The van der Waals surface area contributed by atoms with Gasteiger partial charge in [0.05, 0.1) is 10.6 Å². The molecule has 1 saturated heterocycles. The van der Waals surface area contributed by atoms with Gasteiger partial charge < -0.3 is 9.32 Å². The van der Waals surface area contributed by atoms with Gasteiger partial charge in [-0.15, -0.1) is 10.2 Å². The summed E-state index contributed by atoms with van der Waals surface area (Å²) in [5.74, 6) is 1.32. The number of sulfonamides is 1. The second-order valence-corrected chi connectivity index (χ2v) is 10.3. The van der Waals surface area contributed by atoms with E-state index in [0.29, 0.717) is 28.3 Å². The summed E-state index contributed by atoms with van der Waals surface area (Å²) in [6, 6.07) is 14.8. The molecule has 0 saturated carbocycles. The summed E-state index contributed by atoms with van der Waals surface area (Å²) in [7, 11) is -3.66. The number of nitrogens with zero attached hydrogens (tertiary/aromatic N) is 3. The molecule has 168 valence electrons. The maximum atomic E-state index is 12.4. The molecule has 0 atom stereocenters. The van der Waals surface area contributed by atoms with Gasteiger partial charge in [-0.05, 0) is 55.2 Å². The molecular weight excluding hydrogens is 448 g/mol. The van der Waals surface area contributed by atoms with Crippen LogP contribution in [0, 0.1) is 5.92 Å². The molecule has 0 spiro atoms. The van der Waals surface area contributed by atoms with Crippen molar-refractivity contribution in [3.8, 4) is 11.5 Å². The minimum Gasteiger partial charge on any atom is -0.411 e. The Kier molecular flexibility index (Phi) is 6.80. The molecule has 1 aromatic heterocycles. The number of nitrogens with one attached hydrogen (secondary N) is 1. The van der Waals surface area contributed by atoms with E-state index in [4.69, 9.17) is 4.42 Å². The van der Waals surface area contributed by atoms with E-state index in [0.717, 1.165) is 25.9 Å². The Labute approximate surface area is 191 Å². The van der Waals surface area contributed by atoms with Crippen LogP contribution in [0.5, 0.6) is 0 Å². The number of anilines is 1. The Balaban J connectivity index is 1.34. The number of amides is 1. The number of likely N-dealkylation sites (tertiary alicyclic amines) is 1. The molecule has 1 amide bonds. The summed E-state index contributed by atoms with van der Waals surface area (Å²) >= 11 is 1.22. The van der Waals surface area contributed by atoms with Gasteiger partial charge in [-0.2, -0.15) is 0 Å². The molecule has 0 aliphatic carbocycles. The van der Waals surface area contributed by atoms with Crippen LogP contribution in [0.3, 0.4) is 0 Å². The van der Waals surface area contributed by atoms with Gasteiger partial charge >= 0.3 is 0 Å². The fraction of sp³-hybridized carbons (Fsp3) is 0.318. The van der Waals surface area contributed by atoms with E-state index < -0.39 is 10.0 Å². The fourth-order valence-electron chi connectivity index (χ4n) is 3.35. The predicted octanol–water partition coefficient (Wildman–Crippen LogP) is 3.89. The SMILES string of the molecule is CC1CCN(C(=O)CSc2nnc(-c3ccc(NS(=O)(=O)c4ccccc4)cc3)o2)CC1. The Bertz CT molecular complexity index is 1160. The highest BCUT2D eigenvalue weighted by Gasteiger charge is 2.21. The van der Waals surface area contributed by atoms with E-state index in [2.05, 4.69) is 21.8 Å². The molecule has 3 aromatic rings. The standard InChI is InChI=1S/C22H24N4O4S2/c1-16-11-13-26(14-12-16)20(27)15-31-22-24-23-21(30-22)17-7-9-18(10-8-17)25-32(28,29)19-5-3-2-4-6-19/h2-10,16,25H,11-15H2,1H3. The van der Waals surface area contributed by atoms with Crippen LogP contribution in [0.2, 0.25) is 0 Å². The Morgan fingerprint density at radius 2 is 1.78 bits per heavy atom. The summed E-state index contributed by atoms with van der Waals surface area (Å²) in [4.78, 5) is 14.4. The average molecular weight is 473 g/mol. The van der Waals surface area contributed by atoms with Crippen molar-refractivity contribution >= 4 is 33.4 Å². The Hall–Kier alpha value is -2.85. The van der Waals surface area contributed by atoms with E-state index >= 15 is 0 Å². The number of carbonyl (C=O) groups is 1. The van der Waals surface area contributed by atoms with Crippen LogP contribution in [-0.2, 0) is 14.8 Å². The topological polar surface area (TPSA) is 105 Å². The summed E-state index contributed by atoms with van der Waals surface area (Å²) in [6.45, 7) is 3.81. The Morgan fingerprint density at radius 1 is 1.09 bits per heavy atom. The van der Waals surface area contributed by atoms with Gasteiger partial charge in [-0.3, -0.25) is 9.52 Å². The van der Waals surface area contributed by atoms with Crippen LogP contribution in [0.1, 0.15) is 19.8 Å². The number of piperidine rings is 1. The minimum atomic E-state index is -3.66. The molecule has 4 rings (SSSR count). The first kappa shape index (κ1) is 22.3. The van der Waals surface area contributed by atoms with Crippen LogP contribution in [0.4, 0.5) is 5.69 Å². The van der Waals surface area contributed by atoms with Crippen molar-refractivity contribution in [2.45, 2.75) is 29.9 Å². The lowest BCUT2D eigenvalue weighted by Gasteiger charge is -2.30. The maximum Gasteiger partial charge on any atom is 0.277 e. The average Bonchev–Trinajstić information content (AvgIpc) is 3.28. The van der Waals surface area contributed by atoms with E-state index in [1.807, 2.05) is 4.90 Å². The monoisotopic (exact) mass is 472 g/mol. The first-order chi connectivity index (χ1) is 15.4. The third-order valence-electron chi connectivity index (χ3n) is 5.30. The second-order valence-electron chi connectivity index (χ2n) is 7.72. The lowest BCUT2D eigenvalue weighted by molar-refractivity contribution is -0.129. The van der Waals surface area contributed by atoms with Crippen LogP contribution >= 0.6 is 11.8 Å². The number of hydrogen-bond donors (Lipinski definition) is 1. The van der Waals surface area contributed by atoms with E-state index in [1.165, 1.54) is 23.9 Å². The van der Waals surface area contributed by atoms with Crippen LogP contribution in [0.25, 0.3) is 11.5 Å². The zero-order valence-corrected chi connectivity index (χ0v) is 19.2. The molecule has 1 N–H and O–H groups in total. The minimum absolute atomic E-state index is 0.0803. The number of carbonyl (C=O) groups excluding carboxylic acids is 1. The van der Waals surface area contributed by atoms with Gasteiger partial charge in [0.25, 0.3) is 15.2 Å². The normalized spacial score (nSPS) is 15.0. The van der Waals surface area contributed by atoms with Gasteiger partial charge in [0.2, 0.25) is 11.8 Å². The van der Waals surface area contributed by atoms with Gasteiger partial charge in [0.1, 0.15) is 0 Å². The molecule has 0 bridgehead atoms. The summed E-state index contributed by atoms with van der Waals surface area (Å²) < 4.78 is 33.1. The molecule has 1 aliphatic heterocycles. The molecule has 10 heteroatoms. The first-order valence-electron chi connectivity index (χ1n) is 10.3. The third-order valence-corrected chi connectivity index (χ3v) is 7.50.